The zero-order valence-electron chi connectivity index (χ0n) is 11.9. The first-order valence-corrected chi connectivity index (χ1v) is 6.21. The molecule has 0 radical (unpaired) electrons. The van der Waals surface area contributed by atoms with Crippen molar-refractivity contribution in [1.82, 2.24) is 15.6 Å². The van der Waals surface area contributed by atoms with Crippen LogP contribution in [0.15, 0.2) is 19.9 Å². The van der Waals surface area contributed by atoms with Crippen LogP contribution < -0.4 is 10.9 Å². The van der Waals surface area contributed by atoms with Crippen molar-refractivity contribution in [1.29, 1.82) is 0 Å². The molecule has 2 aromatic heterocycles. The van der Waals surface area contributed by atoms with Crippen LogP contribution in [0, 0.1) is 6.92 Å². The standard InChI is InChI=1S/C13H17N3O4/c1-7-10(12(18)16-19-7)11(17)14-6-8-5-9(15-20-8)13(2,3)4/h5H,6H2,1-4H3,(H,14,17)(H,16,18). The summed E-state index contributed by atoms with van der Waals surface area (Å²) in [4.78, 5) is 23.3. The van der Waals surface area contributed by atoms with Gasteiger partial charge in [0, 0.05) is 11.5 Å². The zero-order valence-corrected chi connectivity index (χ0v) is 11.9. The molecule has 20 heavy (non-hydrogen) atoms. The van der Waals surface area contributed by atoms with Crippen molar-refractivity contribution in [3.8, 4) is 0 Å². The molecular formula is C13H17N3O4. The predicted octanol–water partition coefficient (Wildman–Crippen LogP) is 1.49. The van der Waals surface area contributed by atoms with Gasteiger partial charge in [0.05, 0.1) is 12.2 Å². The molecule has 0 atom stereocenters. The molecule has 2 aromatic rings. The van der Waals surface area contributed by atoms with Gasteiger partial charge in [0.25, 0.3) is 11.5 Å². The second-order valence-electron chi connectivity index (χ2n) is 5.58. The predicted molar refractivity (Wildman–Crippen MR) is 70.4 cm³/mol. The third-order valence-corrected chi connectivity index (χ3v) is 2.85. The van der Waals surface area contributed by atoms with Gasteiger partial charge in [-0.1, -0.05) is 25.9 Å². The second kappa shape index (κ2) is 4.99. The average Bonchev–Trinajstić information content (AvgIpc) is 2.93. The van der Waals surface area contributed by atoms with Gasteiger partial charge in [0.15, 0.2) is 5.76 Å². The molecule has 2 N–H and O–H groups in total. The second-order valence-corrected chi connectivity index (χ2v) is 5.58. The van der Waals surface area contributed by atoms with Crippen molar-refractivity contribution in [3.63, 3.8) is 0 Å². The molecule has 108 valence electrons. The Morgan fingerprint density at radius 1 is 1.45 bits per heavy atom. The highest BCUT2D eigenvalue weighted by atomic mass is 16.5. The Balaban J connectivity index is 2.04. The van der Waals surface area contributed by atoms with Crippen LogP contribution >= 0.6 is 0 Å². The summed E-state index contributed by atoms with van der Waals surface area (Å²) >= 11 is 0. The average molecular weight is 279 g/mol. The number of hydrogen-bond donors (Lipinski definition) is 2. The van der Waals surface area contributed by atoms with E-state index >= 15 is 0 Å². The van der Waals surface area contributed by atoms with E-state index in [1.807, 2.05) is 20.8 Å². The summed E-state index contributed by atoms with van der Waals surface area (Å²) in [5.41, 5.74) is 0.108. The highest BCUT2D eigenvalue weighted by Gasteiger charge is 2.20. The highest BCUT2D eigenvalue weighted by molar-refractivity contribution is 5.94. The highest BCUT2D eigenvalue weighted by Crippen LogP contribution is 2.21. The fourth-order valence-electron chi connectivity index (χ4n) is 1.65. The van der Waals surface area contributed by atoms with Gasteiger partial charge in [-0.05, 0) is 6.92 Å². The lowest BCUT2D eigenvalue weighted by atomic mass is 9.92. The first kappa shape index (κ1) is 14.1. The molecule has 0 bridgehead atoms. The Morgan fingerprint density at radius 2 is 2.15 bits per heavy atom. The molecule has 0 spiro atoms. The summed E-state index contributed by atoms with van der Waals surface area (Å²) in [5, 5.41) is 8.66. The molecule has 0 saturated heterocycles. The van der Waals surface area contributed by atoms with Crippen LogP contribution in [0.5, 0.6) is 0 Å². The monoisotopic (exact) mass is 279 g/mol. The van der Waals surface area contributed by atoms with Gasteiger partial charge in [0.2, 0.25) is 0 Å². The largest absolute Gasteiger partial charge is 0.383 e. The molecule has 2 heterocycles. The van der Waals surface area contributed by atoms with E-state index in [1.165, 1.54) is 0 Å². The van der Waals surface area contributed by atoms with Crippen LogP contribution in [0.2, 0.25) is 0 Å². The first-order chi connectivity index (χ1) is 9.29. The number of aryl methyl sites for hydroxylation is 1. The topological polar surface area (TPSA) is 101 Å². The van der Waals surface area contributed by atoms with Crippen molar-refractivity contribution < 1.29 is 13.8 Å². The number of nitrogens with zero attached hydrogens (tertiary/aromatic N) is 1. The molecule has 7 nitrogen and oxygen atoms in total. The third kappa shape index (κ3) is 2.81. The normalized spacial score (nSPS) is 11.6. The minimum Gasteiger partial charge on any atom is -0.383 e. The van der Waals surface area contributed by atoms with Gasteiger partial charge in [-0.25, -0.2) is 0 Å². The minimum absolute atomic E-state index is 0.0273. The summed E-state index contributed by atoms with van der Waals surface area (Å²) in [7, 11) is 0. The van der Waals surface area contributed by atoms with Crippen molar-refractivity contribution in [2.24, 2.45) is 0 Å². The smallest absolute Gasteiger partial charge is 0.293 e. The molecule has 0 aliphatic heterocycles. The van der Waals surface area contributed by atoms with Crippen LogP contribution in [-0.2, 0) is 12.0 Å². The van der Waals surface area contributed by atoms with Gasteiger partial charge >= 0.3 is 0 Å². The lowest BCUT2D eigenvalue weighted by Gasteiger charge is -2.12. The number of carbonyl (C=O) groups is 1. The summed E-state index contributed by atoms with van der Waals surface area (Å²) in [6, 6.07) is 1.78. The lowest BCUT2D eigenvalue weighted by Crippen LogP contribution is -2.27. The van der Waals surface area contributed by atoms with Crippen molar-refractivity contribution in [2.75, 3.05) is 0 Å². The lowest BCUT2D eigenvalue weighted by molar-refractivity contribution is 0.0944. The fraction of sp³-hybridized carbons (Fsp3) is 0.462. The van der Waals surface area contributed by atoms with E-state index in [0.717, 1.165) is 5.69 Å². The van der Waals surface area contributed by atoms with Gasteiger partial charge in [0.1, 0.15) is 11.3 Å². The minimum atomic E-state index is -0.548. The van der Waals surface area contributed by atoms with Gasteiger partial charge in [-0.3, -0.25) is 9.59 Å². The van der Waals surface area contributed by atoms with E-state index in [0.29, 0.717) is 5.76 Å². The molecule has 7 heteroatoms. The molecular weight excluding hydrogens is 262 g/mol. The van der Waals surface area contributed by atoms with Gasteiger partial charge in [-0.2, -0.15) is 5.16 Å². The quantitative estimate of drug-likeness (QED) is 0.886. The van der Waals surface area contributed by atoms with E-state index in [1.54, 1.807) is 13.0 Å². The first-order valence-electron chi connectivity index (χ1n) is 6.21. The van der Waals surface area contributed by atoms with Crippen molar-refractivity contribution in [3.05, 3.63) is 39.2 Å². The SMILES string of the molecule is Cc1o[nH]c(=O)c1C(=O)NCc1cc(C(C)(C)C)no1. The number of aromatic amines is 1. The van der Waals surface area contributed by atoms with Crippen LogP contribution in [0.3, 0.4) is 0 Å². The Labute approximate surface area is 115 Å². The van der Waals surface area contributed by atoms with Gasteiger partial charge < -0.3 is 14.4 Å². The number of nitrogens with one attached hydrogen (secondary N) is 2. The van der Waals surface area contributed by atoms with E-state index in [2.05, 4.69) is 15.6 Å². The maximum absolute atomic E-state index is 11.9. The molecule has 2 rings (SSSR count). The summed E-state index contributed by atoms with van der Waals surface area (Å²) in [6.45, 7) is 7.75. The Hall–Kier alpha value is -2.31. The third-order valence-electron chi connectivity index (χ3n) is 2.85. The summed E-state index contributed by atoms with van der Waals surface area (Å²) < 4.78 is 9.93. The summed E-state index contributed by atoms with van der Waals surface area (Å²) in [5.74, 6) is 0.271. The van der Waals surface area contributed by atoms with E-state index in [9.17, 15) is 9.59 Å². The zero-order chi connectivity index (χ0) is 14.9. The molecule has 1 amide bonds. The molecule has 0 aliphatic rings. The van der Waals surface area contributed by atoms with E-state index in [-0.39, 0.29) is 23.3 Å². The number of rotatable bonds is 3. The van der Waals surface area contributed by atoms with Crippen LogP contribution in [0.25, 0.3) is 0 Å². The Bertz CT molecular complexity index is 672. The molecule has 0 saturated carbocycles. The summed E-state index contributed by atoms with van der Waals surface area (Å²) in [6.07, 6.45) is 0. The number of carbonyl (C=O) groups excluding carboxylic acids is 1. The number of aromatic nitrogens is 2. The molecule has 0 aliphatic carbocycles. The maximum Gasteiger partial charge on any atom is 0.293 e. The van der Waals surface area contributed by atoms with Crippen molar-refractivity contribution in [2.45, 2.75) is 39.7 Å². The molecule has 0 fully saturated rings. The number of hydrogen-bond acceptors (Lipinski definition) is 5. The van der Waals surface area contributed by atoms with Crippen LogP contribution in [0.4, 0.5) is 0 Å². The fourth-order valence-corrected chi connectivity index (χ4v) is 1.65. The van der Waals surface area contributed by atoms with E-state index in [4.69, 9.17) is 9.05 Å². The van der Waals surface area contributed by atoms with Crippen LogP contribution in [-0.4, -0.2) is 16.2 Å². The number of amides is 1. The van der Waals surface area contributed by atoms with Crippen LogP contribution in [0.1, 0.15) is 48.3 Å². The Morgan fingerprint density at radius 3 is 2.65 bits per heavy atom. The number of H-pyrrole nitrogens is 1. The van der Waals surface area contributed by atoms with E-state index < -0.39 is 11.5 Å². The molecule has 0 aromatic carbocycles. The van der Waals surface area contributed by atoms with Gasteiger partial charge in [-0.15, -0.1) is 0 Å². The molecule has 0 unspecified atom stereocenters. The Kier molecular flexibility index (Phi) is 3.52. The maximum atomic E-state index is 11.9. The van der Waals surface area contributed by atoms with Crippen molar-refractivity contribution >= 4 is 5.91 Å².